The van der Waals surface area contributed by atoms with E-state index in [1.165, 1.54) is 0 Å². The van der Waals surface area contributed by atoms with Crippen LogP contribution in [0.4, 0.5) is 0 Å². The molecule has 0 saturated carbocycles. The fraction of sp³-hybridized carbons (Fsp3) is 0.300. The molecule has 14 heavy (non-hydrogen) atoms. The maximum absolute atomic E-state index is 10.8. The van der Waals surface area contributed by atoms with Crippen LogP contribution in [0, 0.1) is 0 Å². The number of halogens is 1. The molecule has 76 valence electrons. The molecule has 0 radical (unpaired) electrons. The molecule has 0 aliphatic heterocycles. The van der Waals surface area contributed by atoms with E-state index in [0.717, 1.165) is 5.56 Å². The van der Waals surface area contributed by atoms with Gasteiger partial charge in [-0.3, -0.25) is 4.79 Å². The highest BCUT2D eigenvalue weighted by Crippen LogP contribution is 2.11. The lowest BCUT2D eigenvalue weighted by Gasteiger charge is -2.03. The molecule has 0 fully saturated rings. The van der Waals surface area contributed by atoms with Gasteiger partial charge in [0.1, 0.15) is 6.61 Å². The van der Waals surface area contributed by atoms with E-state index in [9.17, 15) is 4.79 Å². The molecule has 0 spiro atoms. The van der Waals surface area contributed by atoms with Gasteiger partial charge in [0.2, 0.25) is 5.91 Å². The van der Waals surface area contributed by atoms with Crippen LogP contribution in [-0.4, -0.2) is 19.6 Å². The Balaban J connectivity index is 2.35. The molecule has 0 bridgehead atoms. The average Bonchev–Trinajstić information content (AvgIpc) is 2.17. The van der Waals surface area contributed by atoms with Gasteiger partial charge in [-0.05, 0) is 17.7 Å². The molecular weight excluding hydrogens is 202 g/mol. The van der Waals surface area contributed by atoms with Crippen molar-refractivity contribution >= 4 is 17.5 Å². The first kappa shape index (κ1) is 11.0. The van der Waals surface area contributed by atoms with E-state index in [4.69, 9.17) is 16.3 Å². The van der Waals surface area contributed by atoms with Gasteiger partial charge in [-0.1, -0.05) is 23.7 Å². The van der Waals surface area contributed by atoms with E-state index in [1.807, 2.05) is 18.2 Å². The van der Waals surface area contributed by atoms with Crippen molar-refractivity contribution in [3.8, 4) is 0 Å². The molecule has 1 aromatic rings. The van der Waals surface area contributed by atoms with E-state index in [1.54, 1.807) is 13.1 Å². The van der Waals surface area contributed by atoms with E-state index in [0.29, 0.717) is 11.6 Å². The monoisotopic (exact) mass is 213 g/mol. The number of benzene rings is 1. The van der Waals surface area contributed by atoms with Gasteiger partial charge in [0.05, 0.1) is 6.61 Å². The molecule has 1 aromatic carbocycles. The van der Waals surface area contributed by atoms with Crippen molar-refractivity contribution in [3.63, 3.8) is 0 Å². The quantitative estimate of drug-likeness (QED) is 0.825. The van der Waals surface area contributed by atoms with Crippen molar-refractivity contribution < 1.29 is 9.53 Å². The van der Waals surface area contributed by atoms with Gasteiger partial charge in [0.15, 0.2) is 0 Å². The Morgan fingerprint density at radius 2 is 2.36 bits per heavy atom. The highest BCUT2D eigenvalue weighted by atomic mass is 35.5. The molecule has 1 rings (SSSR count). The summed E-state index contributed by atoms with van der Waals surface area (Å²) in [4.78, 5) is 10.8. The van der Waals surface area contributed by atoms with Gasteiger partial charge in [0, 0.05) is 12.1 Å². The Morgan fingerprint density at radius 3 is 3.00 bits per heavy atom. The number of ether oxygens (including phenoxy) is 1. The minimum Gasteiger partial charge on any atom is -0.367 e. The average molecular weight is 214 g/mol. The summed E-state index contributed by atoms with van der Waals surface area (Å²) in [5.41, 5.74) is 0.960. The van der Waals surface area contributed by atoms with Crippen LogP contribution in [0.3, 0.4) is 0 Å². The van der Waals surface area contributed by atoms with Crippen molar-refractivity contribution in [1.82, 2.24) is 5.32 Å². The number of nitrogens with one attached hydrogen (secondary N) is 1. The number of likely N-dealkylation sites (N-methyl/N-ethyl adjacent to an activating group) is 1. The van der Waals surface area contributed by atoms with Crippen LogP contribution in [0.15, 0.2) is 24.3 Å². The van der Waals surface area contributed by atoms with Crippen LogP contribution in [0.1, 0.15) is 5.56 Å². The molecule has 0 aliphatic carbocycles. The predicted octanol–water partition coefficient (Wildman–Crippen LogP) is 1.60. The molecule has 0 saturated heterocycles. The Morgan fingerprint density at radius 1 is 1.57 bits per heavy atom. The number of carbonyl (C=O) groups excluding carboxylic acids is 1. The van der Waals surface area contributed by atoms with Crippen molar-refractivity contribution in [2.75, 3.05) is 13.7 Å². The van der Waals surface area contributed by atoms with Gasteiger partial charge in [0.25, 0.3) is 0 Å². The molecule has 0 heterocycles. The third-order valence-corrected chi connectivity index (χ3v) is 1.90. The summed E-state index contributed by atoms with van der Waals surface area (Å²) in [5.74, 6) is -0.132. The lowest BCUT2D eigenvalue weighted by atomic mass is 10.2. The Labute approximate surface area is 88.0 Å². The second-order valence-corrected chi connectivity index (χ2v) is 3.23. The van der Waals surface area contributed by atoms with Crippen LogP contribution < -0.4 is 5.32 Å². The second kappa shape index (κ2) is 5.62. The highest BCUT2D eigenvalue weighted by Gasteiger charge is 1.98. The number of hydrogen-bond donors (Lipinski definition) is 1. The van der Waals surface area contributed by atoms with Crippen molar-refractivity contribution in [2.45, 2.75) is 6.61 Å². The summed E-state index contributed by atoms with van der Waals surface area (Å²) in [7, 11) is 1.57. The molecule has 0 unspecified atom stereocenters. The normalized spacial score (nSPS) is 9.86. The van der Waals surface area contributed by atoms with Crippen molar-refractivity contribution in [3.05, 3.63) is 34.9 Å². The maximum Gasteiger partial charge on any atom is 0.245 e. The van der Waals surface area contributed by atoms with Gasteiger partial charge in [-0.2, -0.15) is 0 Å². The Kier molecular flexibility index (Phi) is 4.43. The topological polar surface area (TPSA) is 38.3 Å². The molecule has 3 nitrogen and oxygen atoms in total. The van der Waals surface area contributed by atoms with Gasteiger partial charge < -0.3 is 10.1 Å². The van der Waals surface area contributed by atoms with Gasteiger partial charge >= 0.3 is 0 Å². The van der Waals surface area contributed by atoms with E-state index in [-0.39, 0.29) is 12.5 Å². The third-order valence-electron chi connectivity index (χ3n) is 1.67. The van der Waals surface area contributed by atoms with E-state index in [2.05, 4.69) is 5.32 Å². The zero-order chi connectivity index (χ0) is 10.4. The fourth-order valence-corrected chi connectivity index (χ4v) is 1.17. The summed E-state index contributed by atoms with van der Waals surface area (Å²) in [6.07, 6.45) is 0. The third kappa shape index (κ3) is 3.77. The van der Waals surface area contributed by atoms with Crippen LogP contribution in [0.5, 0.6) is 0 Å². The van der Waals surface area contributed by atoms with E-state index < -0.39 is 0 Å². The molecule has 0 aliphatic rings. The lowest BCUT2D eigenvalue weighted by molar-refractivity contribution is -0.125. The fourth-order valence-electron chi connectivity index (χ4n) is 0.960. The first-order valence-electron chi connectivity index (χ1n) is 4.25. The minimum atomic E-state index is -0.132. The van der Waals surface area contributed by atoms with Crippen LogP contribution in [0.25, 0.3) is 0 Å². The Bertz CT molecular complexity index is 315. The van der Waals surface area contributed by atoms with Crippen LogP contribution in [-0.2, 0) is 16.1 Å². The zero-order valence-corrected chi connectivity index (χ0v) is 8.67. The minimum absolute atomic E-state index is 0.0724. The molecule has 1 N–H and O–H groups in total. The molecular formula is C10H12ClNO2. The second-order valence-electron chi connectivity index (χ2n) is 2.80. The lowest BCUT2D eigenvalue weighted by Crippen LogP contribution is -2.23. The number of amides is 1. The van der Waals surface area contributed by atoms with E-state index >= 15 is 0 Å². The molecule has 4 heteroatoms. The molecule has 1 amide bonds. The zero-order valence-electron chi connectivity index (χ0n) is 7.92. The van der Waals surface area contributed by atoms with Crippen molar-refractivity contribution in [2.24, 2.45) is 0 Å². The number of hydrogen-bond acceptors (Lipinski definition) is 2. The standard InChI is InChI=1S/C10H12ClNO2/c1-12-10(13)7-14-6-8-3-2-4-9(11)5-8/h2-5H,6-7H2,1H3,(H,12,13). The predicted molar refractivity (Wildman–Crippen MR) is 55.2 cm³/mol. The highest BCUT2D eigenvalue weighted by molar-refractivity contribution is 6.30. The van der Waals surface area contributed by atoms with Crippen LogP contribution >= 0.6 is 11.6 Å². The largest absolute Gasteiger partial charge is 0.367 e. The van der Waals surface area contributed by atoms with Crippen molar-refractivity contribution in [1.29, 1.82) is 0 Å². The van der Waals surface area contributed by atoms with Gasteiger partial charge in [-0.15, -0.1) is 0 Å². The SMILES string of the molecule is CNC(=O)COCc1cccc(Cl)c1. The first-order valence-corrected chi connectivity index (χ1v) is 4.63. The summed E-state index contributed by atoms with van der Waals surface area (Å²) >= 11 is 5.78. The molecule has 0 aromatic heterocycles. The summed E-state index contributed by atoms with van der Waals surface area (Å²) < 4.78 is 5.16. The maximum atomic E-state index is 10.8. The number of rotatable bonds is 4. The summed E-state index contributed by atoms with van der Waals surface area (Å²) in [5, 5.41) is 3.14. The smallest absolute Gasteiger partial charge is 0.245 e. The summed E-state index contributed by atoms with van der Waals surface area (Å²) in [6.45, 7) is 0.469. The molecule has 0 atom stereocenters. The first-order chi connectivity index (χ1) is 6.72. The number of carbonyl (C=O) groups is 1. The summed E-state index contributed by atoms with van der Waals surface area (Å²) in [6, 6.07) is 7.35. The van der Waals surface area contributed by atoms with Crippen LogP contribution in [0.2, 0.25) is 5.02 Å². The Hall–Kier alpha value is -1.06. The van der Waals surface area contributed by atoms with Gasteiger partial charge in [-0.25, -0.2) is 0 Å².